The molecule has 0 aliphatic rings. The van der Waals surface area contributed by atoms with E-state index in [0.29, 0.717) is 12.3 Å². The van der Waals surface area contributed by atoms with Crippen LogP contribution in [0.25, 0.3) is 0 Å². The van der Waals surface area contributed by atoms with Crippen LogP contribution in [0.2, 0.25) is 0 Å². The SMILES string of the molecule is CCCCC[PH](=O)[O-].CCCCC[PH](=O)[O-].[Fe+2]. The van der Waals surface area contributed by atoms with Crippen molar-refractivity contribution >= 4 is 16.1 Å². The molecule has 2 atom stereocenters. The molecule has 0 spiro atoms. The standard InChI is InChI=1S/2C5H13O2P.Fe/c2*1-2-3-4-5-8(6)7;/h2*8H,2-5H2,1H3,(H,6,7);/q;;+2/p-2. The molecule has 0 saturated heterocycles. The fourth-order valence-electron chi connectivity index (χ4n) is 1.04. The minimum Gasteiger partial charge on any atom is -0.802 e. The third-order valence-corrected chi connectivity index (χ3v) is 3.49. The van der Waals surface area contributed by atoms with Crippen LogP contribution in [0.15, 0.2) is 0 Å². The number of hydrogen-bond donors (Lipinski definition) is 0. The monoisotopic (exact) mass is 326 g/mol. The largest absolute Gasteiger partial charge is 2.00 e. The second-order valence-electron chi connectivity index (χ2n) is 3.66. The van der Waals surface area contributed by atoms with Crippen molar-refractivity contribution in [2.45, 2.75) is 52.4 Å². The Labute approximate surface area is 117 Å². The summed E-state index contributed by atoms with van der Waals surface area (Å²) in [6, 6.07) is 0. The first-order valence-corrected chi connectivity index (χ1v) is 8.99. The first kappa shape index (κ1) is 23.0. The van der Waals surface area contributed by atoms with E-state index in [9.17, 15) is 18.9 Å². The van der Waals surface area contributed by atoms with Crippen LogP contribution < -0.4 is 9.79 Å². The molecule has 0 radical (unpaired) electrons. The van der Waals surface area contributed by atoms with Gasteiger partial charge in [-0.1, -0.05) is 39.5 Å². The van der Waals surface area contributed by atoms with E-state index in [1.807, 2.05) is 0 Å². The zero-order chi connectivity index (χ0) is 12.8. The first-order chi connectivity index (χ1) is 7.54. The number of unbranched alkanes of at least 4 members (excludes halogenated alkanes) is 4. The quantitative estimate of drug-likeness (QED) is 0.388. The summed E-state index contributed by atoms with van der Waals surface area (Å²) in [6.07, 6.45) is 6.76. The van der Waals surface area contributed by atoms with Gasteiger partial charge in [0, 0.05) is 16.1 Å². The fraction of sp³-hybridized carbons (Fsp3) is 1.00. The van der Waals surface area contributed by atoms with E-state index in [-0.39, 0.29) is 17.1 Å². The van der Waals surface area contributed by atoms with Crippen molar-refractivity contribution in [1.82, 2.24) is 0 Å². The Morgan fingerprint density at radius 1 is 0.765 bits per heavy atom. The summed E-state index contributed by atoms with van der Waals surface area (Å²) in [5, 5.41) is 0. The molecule has 2 unspecified atom stereocenters. The summed E-state index contributed by atoms with van der Waals surface area (Å²) in [5.41, 5.74) is 0. The van der Waals surface area contributed by atoms with Crippen molar-refractivity contribution in [1.29, 1.82) is 0 Å². The second-order valence-corrected chi connectivity index (χ2v) is 6.15. The molecule has 0 rings (SSSR count). The van der Waals surface area contributed by atoms with Crippen LogP contribution in [0.1, 0.15) is 52.4 Å². The summed E-state index contributed by atoms with van der Waals surface area (Å²) in [6.45, 7) is 4.12. The van der Waals surface area contributed by atoms with Crippen molar-refractivity contribution in [3.8, 4) is 0 Å². The van der Waals surface area contributed by atoms with E-state index >= 15 is 0 Å². The molecule has 0 saturated carbocycles. The molecule has 17 heavy (non-hydrogen) atoms. The molecule has 0 fully saturated rings. The maximum absolute atomic E-state index is 9.95. The molecule has 4 nitrogen and oxygen atoms in total. The molecular weight excluding hydrogens is 302 g/mol. The van der Waals surface area contributed by atoms with Crippen LogP contribution in [0, 0.1) is 0 Å². The van der Waals surface area contributed by atoms with Crippen LogP contribution in [0.3, 0.4) is 0 Å². The summed E-state index contributed by atoms with van der Waals surface area (Å²) in [7, 11) is -4.81. The van der Waals surface area contributed by atoms with Crippen LogP contribution in [0.5, 0.6) is 0 Å². The Hall–Kier alpha value is 0.899. The molecule has 106 valence electrons. The Kier molecular flexibility index (Phi) is 26.1. The van der Waals surface area contributed by atoms with E-state index < -0.39 is 16.1 Å². The van der Waals surface area contributed by atoms with Crippen molar-refractivity contribution < 1.29 is 36.0 Å². The summed E-state index contributed by atoms with van der Waals surface area (Å²) >= 11 is 0. The zero-order valence-electron chi connectivity index (χ0n) is 10.6. The normalized spacial score (nSPS) is 12.9. The predicted molar refractivity (Wildman–Crippen MR) is 66.8 cm³/mol. The van der Waals surface area contributed by atoms with Crippen LogP contribution in [-0.2, 0) is 26.2 Å². The summed E-state index contributed by atoms with van der Waals surface area (Å²) in [5.74, 6) is 0. The van der Waals surface area contributed by atoms with Gasteiger partial charge in [-0.25, -0.2) is 0 Å². The molecule has 0 N–H and O–H groups in total. The Morgan fingerprint density at radius 2 is 1.06 bits per heavy atom. The predicted octanol–water partition coefficient (Wildman–Crippen LogP) is 2.02. The molecule has 0 aromatic heterocycles. The molecule has 0 aliphatic carbocycles. The Balaban J connectivity index is -0.000000218. The van der Waals surface area contributed by atoms with Gasteiger partial charge >= 0.3 is 17.1 Å². The van der Waals surface area contributed by atoms with E-state index in [2.05, 4.69) is 13.8 Å². The van der Waals surface area contributed by atoms with Gasteiger partial charge < -0.3 is 18.9 Å². The van der Waals surface area contributed by atoms with Gasteiger partial charge in [0.15, 0.2) is 0 Å². The average Bonchev–Trinajstić information content (AvgIpc) is 2.18. The topological polar surface area (TPSA) is 80.3 Å². The first-order valence-electron chi connectivity index (χ1n) is 5.94. The molecule has 0 amide bonds. The van der Waals surface area contributed by atoms with Gasteiger partial charge in [0.25, 0.3) is 0 Å². The van der Waals surface area contributed by atoms with Crippen molar-refractivity contribution in [2.24, 2.45) is 0 Å². The van der Waals surface area contributed by atoms with Gasteiger partial charge in [-0.3, -0.25) is 0 Å². The zero-order valence-corrected chi connectivity index (χ0v) is 13.7. The molecule has 0 aromatic rings. The molecule has 0 aliphatic heterocycles. The molecule has 7 heteroatoms. The average molecular weight is 326 g/mol. The van der Waals surface area contributed by atoms with Crippen LogP contribution in [0.4, 0.5) is 0 Å². The molecule has 0 aromatic carbocycles. The number of rotatable bonds is 8. The number of hydrogen-bond acceptors (Lipinski definition) is 4. The van der Waals surface area contributed by atoms with Gasteiger partial charge in [-0.2, -0.15) is 0 Å². The maximum atomic E-state index is 9.95. The second kappa shape index (κ2) is 19.2. The van der Waals surface area contributed by atoms with Crippen molar-refractivity contribution in [2.75, 3.05) is 12.3 Å². The van der Waals surface area contributed by atoms with Crippen molar-refractivity contribution in [3.05, 3.63) is 0 Å². The van der Waals surface area contributed by atoms with Crippen LogP contribution in [-0.4, -0.2) is 12.3 Å². The Bertz CT molecular complexity index is 171. The fourth-order valence-corrected chi connectivity index (χ4v) is 2.12. The minimum absolute atomic E-state index is 0. The van der Waals surface area contributed by atoms with E-state index in [0.717, 1.165) is 38.5 Å². The van der Waals surface area contributed by atoms with Crippen molar-refractivity contribution in [3.63, 3.8) is 0 Å². The maximum Gasteiger partial charge on any atom is 2.00 e. The smallest absolute Gasteiger partial charge is 0.802 e. The van der Waals surface area contributed by atoms with Gasteiger partial charge in [0.1, 0.15) is 0 Å². The molecular formula is C10H24FeO4P2. The summed E-state index contributed by atoms with van der Waals surface area (Å²) in [4.78, 5) is 19.9. The summed E-state index contributed by atoms with van der Waals surface area (Å²) < 4.78 is 19.9. The van der Waals surface area contributed by atoms with Gasteiger partial charge in [0.05, 0.1) is 0 Å². The Morgan fingerprint density at radius 3 is 1.24 bits per heavy atom. The molecule has 0 bridgehead atoms. The third kappa shape index (κ3) is 31.6. The molecule has 0 heterocycles. The van der Waals surface area contributed by atoms with Gasteiger partial charge in [-0.15, -0.1) is 0 Å². The van der Waals surface area contributed by atoms with Gasteiger partial charge in [-0.05, 0) is 25.2 Å². The minimum atomic E-state index is -2.41. The van der Waals surface area contributed by atoms with Crippen LogP contribution >= 0.6 is 16.1 Å². The van der Waals surface area contributed by atoms with Gasteiger partial charge in [0.2, 0.25) is 0 Å². The third-order valence-electron chi connectivity index (χ3n) is 1.97. The van der Waals surface area contributed by atoms with E-state index in [1.165, 1.54) is 0 Å². The van der Waals surface area contributed by atoms with E-state index in [4.69, 9.17) is 0 Å². The van der Waals surface area contributed by atoms with E-state index in [1.54, 1.807) is 0 Å².